The fourth-order valence-electron chi connectivity index (χ4n) is 1.12. The third-order valence-corrected chi connectivity index (χ3v) is 3.76. The smallest absolute Gasteiger partial charge is 0.236 e. The van der Waals surface area contributed by atoms with Crippen LogP contribution in [0.2, 0.25) is 0 Å². The average molecular weight is 284 g/mol. The van der Waals surface area contributed by atoms with Gasteiger partial charge in [-0.1, -0.05) is 30.0 Å². The lowest BCUT2D eigenvalue weighted by molar-refractivity contribution is -0.113. The van der Waals surface area contributed by atoms with Crippen molar-refractivity contribution in [2.45, 2.75) is 25.4 Å². The molecule has 2 aromatic rings. The second-order valence-corrected chi connectivity index (χ2v) is 5.40. The minimum absolute atomic E-state index is 0.138. The number of aryl methyl sites for hydroxylation is 2. The molecule has 0 aromatic carbocycles. The van der Waals surface area contributed by atoms with E-state index in [-0.39, 0.29) is 11.7 Å². The summed E-state index contributed by atoms with van der Waals surface area (Å²) in [4.78, 5) is 15.7. The first-order chi connectivity index (χ1) is 8.67. The summed E-state index contributed by atoms with van der Waals surface area (Å²) in [5.41, 5.74) is 0. The van der Waals surface area contributed by atoms with E-state index in [1.165, 1.54) is 23.1 Å². The number of amides is 1. The summed E-state index contributed by atoms with van der Waals surface area (Å²) in [5, 5.41) is 19.1. The van der Waals surface area contributed by atoms with Gasteiger partial charge >= 0.3 is 0 Å². The number of carbonyl (C=O) groups excluding carboxylic acids is 1. The van der Waals surface area contributed by atoms with Crippen molar-refractivity contribution in [2.24, 2.45) is 0 Å². The molecule has 0 saturated carbocycles. The summed E-state index contributed by atoms with van der Waals surface area (Å²) >= 11 is 2.66. The Morgan fingerprint density at radius 2 is 2.33 bits per heavy atom. The molecule has 0 bridgehead atoms. The molecule has 0 atom stereocenters. The molecule has 1 amide bonds. The largest absolute Gasteiger partial charge is 0.300 e. The molecule has 2 aromatic heterocycles. The summed E-state index contributed by atoms with van der Waals surface area (Å²) in [7, 11) is 0. The highest BCUT2D eigenvalue weighted by atomic mass is 32.2. The first-order valence-electron chi connectivity index (χ1n) is 5.31. The SMILES string of the molecule is CCc1nnc(NC(=O)CSc2n[nH]c(C)n2)s1. The Labute approximate surface area is 112 Å². The van der Waals surface area contributed by atoms with Crippen molar-refractivity contribution in [3.8, 4) is 0 Å². The van der Waals surface area contributed by atoms with Crippen molar-refractivity contribution in [3.05, 3.63) is 10.8 Å². The molecular weight excluding hydrogens is 272 g/mol. The maximum absolute atomic E-state index is 11.6. The number of H-pyrrole nitrogens is 1. The quantitative estimate of drug-likeness (QED) is 0.802. The Morgan fingerprint density at radius 3 is 2.94 bits per heavy atom. The molecule has 2 rings (SSSR count). The minimum atomic E-state index is -0.138. The van der Waals surface area contributed by atoms with Gasteiger partial charge in [0.25, 0.3) is 0 Å². The zero-order valence-corrected chi connectivity index (χ0v) is 11.6. The van der Waals surface area contributed by atoms with E-state index < -0.39 is 0 Å². The lowest BCUT2D eigenvalue weighted by Gasteiger charge is -1.97. The van der Waals surface area contributed by atoms with Gasteiger partial charge < -0.3 is 0 Å². The van der Waals surface area contributed by atoms with Gasteiger partial charge in [0.1, 0.15) is 10.8 Å². The van der Waals surface area contributed by atoms with Crippen molar-refractivity contribution in [3.63, 3.8) is 0 Å². The molecule has 0 saturated heterocycles. The fourth-order valence-corrected chi connectivity index (χ4v) is 2.46. The minimum Gasteiger partial charge on any atom is -0.300 e. The summed E-state index contributed by atoms with van der Waals surface area (Å²) in [6.07, 6.45) is 0.818. The maximum atomic E-state index is 11.6. The topological polar surface area (TPSA) is 96.5 Å². The van der Waals surface area contributed by atoms with E-state index in [4.69, 9.17) is 0 Å². The van der Waals surface area contributed by atoms with Crippen molar-refractivity contribution in [1.29, 1.82) is 0 Å². The van der Waals surface area contributed by atoms with E-state index in [0.717, 1.165) is 17.3 Å². The molecule has 0 aliphatic rings. The number of aromatic amines is 1. The first-order valence-corrected chi connectivity index (χ1v) is 7.11. The van der Waals surface area contributed by atoms with Gasteiger partial charge in [-0.25, -0.2) is 4.98 Å². The standard InChI is InChI=1S/C9H12N6OS2/c1-3-7-13-15-9(18-7)11-6(16)4-17-8-10-5(2)12-14-8/h3-4H2,1-2H3,(H,10,12,14)(H,11,15,16). The van der Waals surface area contributed by atoms with Crippen LogP contribution in [0.15, 0.2) is 5.16 Å². The van der Waals surface area contributed by atoms with Gasteiger partial charge in [0.05, 0.1) is 5.75 Å². The zero-order valence-electron chi connectivity index (χ0n) is 9.93. The highest BCUT2D eigenvalue weighted by Gasteiger charge is 2.09. The molecule has 0 spiro atoms. The molecule has 2 N–H and O–H groups in total. The van der Waals surface area contributed by atoms with Crippen LogP contribution in [0.3, 0.4) is 0 Å². The Morgan fingerprint density at radius 1 is 1.50 bits per heavy atom. The van der Waals surface area contributed by atoms with Gasteiger partial charge in [-0.15, -0.1) is 15.3 Å². The van der Waals surface area contributed by atoms with Crippen LogP contribution in [0.25, 0.3) is 0 Å². The molecule has 2 heterocycles. The van der Waals surface area contributed by atoms with Gasteiger partial charge in [0.15, 0.2) is 0 Å². The van der Waals surface area contributed by atoms with Crippen molar-refractivity contribution >= 4 is 34.1 Å². The Hall–Kier alpha value is -1.48. The van der Waals surface area contributed by atoms with Gasteiger partial charge in [0, 0.05) is 0 Å². The molecule has 9 heteroatoms. The summed E-state index contributed by atoms with van der Waals surface area (Å²) in [5.74, 6) is 0.842. The van der Waals surface area contributed by atoms with E-state index in [1.54, 1.807) is 0 Å². The Bertz CT molecular complexity index is 537. The van der Waals surface area contributed by atoms with E-state index in [0.29, 0.717) is 10.3 Å². The van der Waals surface area contributed by atoms with Crippen LogP contribution in [0.1, 0.15) is 17.8 Å². The van der Waals surface area contributed by atoms with E-state index in [2.05, 4.69) is 30.7 Å². The highest BCUT2D eigenvalue weighted by molar-refractivity contribution is 7.99. The second kappa shape index (κ2) is 5.91. The van der Waals surface area contributed by atoms with E-state index in [9.17, 15) is 4.79 Å². The van der Waals surface area contributed by atoms with Crippen LogP contribution >= 0.6 is 23.1 Å². The number of nitrogens with zero attached hydrogens (tertiary/aromatic N) is 4. The van der Waals surface area contributed by atoms with E-state index in [1.807, 2.05) is 13.8 Å². The number of thioether (sulfide) groups is 1. The predicted octanol–water partition coefficient (Wildman–Crippen LogP) is 1.26. The molecule has 96 valence electrons. The van der Waals surface area contributed by atoms with Crippen molar-refractivity contribution in [1.82, 2.24) is 25.4 Å². The number of carbonyl (C=O) groups is 1. The number of hydrogen-bond donors (Lipinski definition) is 2. The lowest BCUT2D eigenvalue weighted by atomic mass is 10.5. The fraction of sp³-hybridized carbons (Fsp3) is 0.444. The van der Waals surface area contributed by atoms with Gasteiger partial charge in [0.2, 0.25) is 16.2 Å². The number of hydrogen-bond acceptors (Lipinski definition) is 7. The lowest BCUT2D eigenvalue weighted by Crippen LogP contribution is -2.13. The third-order valence-electron chi connectivity index (χ3n) is 1.92. The molecule has 0 radical (unpaired) electrons. The molecule has 18 heavy (non-hydrogen) atoms. The summed E-state index contributed by atoms with van der Waals surface area (Å²) in [6, 6.07) is 0. The first kappa shape index (κ1) is 13.0. The Balaban J connectivity index is 1.81. The number of anilines is 1. The van der Waals surface area contributed by atoms with Crippen LogP contribution in [0.4, 0.5) is 5.13 Å². The maximum Gasteiger partial charge on any atom is 0.236 e. The van der Waals surface area contributed by atoms with Crippen LogP contribution in [-0.4, -0.2) is 37.0 Å². The molecule has 0 aliphatic heterocycles. The highest BCUT2D eigenvalue weighted by Crippen LogP contribution is 2.17. The Kier molecular flexibility index (Phi) is 4.26. The zero-order chi connectivity index (χ0) is 13.0. The third kappa shape index (κ3) is 3.50. The van der Waals surface area contributed by atoms with Crippen LogP contribution in [-0.2, 0) is 11.2 Å². The molecule has 0 fully saturated rings. The van der Waals surface area contributed by atoms with Gasteiger partial charge in [-0.05, 0) is 13.3 Å². The normalized spacial score (nSPS) is 10.6. The van der Waals surface area contributed by atoms with Crippen molar-refractivity contribution < 1.29 is 4.79 Å². The van der Waals surface area contributed by atoms with Crippen LogP contribution in [0, 0.1) is 6.92 Å². The predicted molar refractivity (Wildman–Crippen MR) is 69.8 cm³/mol. The second-order valence-electron chi connectivity index (χ2n) is 3.39. The van der Waals surface area contributed by atoms with Crippen molar-refractivity contribution in [2.75, 3.05) is 11.1 Å². The van der Waals surface area contributed by atoms with Gasteiger partial charge in [-0.2, -0.15) is 0 Å². The van der Waals surface area contributed by atoms with Crippen LogP contribution < -0.4 is 5.32 Å². The molecule has 0 unspecified atom stereocenters. The average Bonchev–Trinajstić information content (AvgIpc) is 2.95. The van der Waals surface area contributed by atoms with E-state index >= 15 is 0 Å². The van der Waals surface area contributed by atoms with Crippen LogP contribution in [0.5, 0.6) is 0 Å². The summed E-state index contributed by atoms with van der Waals surface area (Å²) < 4.78 is 0. The summed E-state index contributed by atoms with van der Waals surface area (Å²) in [6.45, 7) is 3.80. The number of nitrogens with one attached hydrogen (secondary N) is 2. The molecular formula is C9H12N6OS2. The molecule has 0 aliphatic carbocycles. The van der Waals surface area contributed by atoms with Gasteiger partial charge in [-0.3, -0.25) is 15.2 Å². The number of rotatable bonds is 5. The monoisotopic (exact) mass is 284 g/mol. The number of aromatic nitrogens is 5. The molecule has 7 nitrogen and oxygen atoms in total.